The molecule has 0 N–H and O–H groups in total. The maximum Gasteiger partial charge on any atom is 0.253 e. The molecule has 1 fully saturated rings. The second-order valence-electron chi connectivity index (χ2n) is 7.88. The number of ether oxygens (including phenoxy) is 1. The van der Waals surface area contributed by atoms with E-state index in [1.165, 1.54) is 7.11 Å². The molecule has 1 aliphatic heterocycles. The first kappa shape index (κ1) is 19.4. The number of carbonyl (C=O) groups is 1. The van der Waals surface area contributed by atoms with E-state index in [1.807, 2.05) is 24.3 Å². The van der Waals surface area contributed by atoms with Gasteiger partial charge in [0, 0.05) is 18.7 Å². The molecule has 0 aromatic heterocycles. The second-order valence-corrected chi connectivity index (χ2v) is 10.1. The van der Waals surface area contributed by atoms with Crippen molar-refractivity contribution in [2.24, 2.45) is 0 Å². The average molecular weight is 388 g/mol. The number of carbonyl (C=O) groups excluding carboxylic acids is 1. The highest BCUT2D eigenvalue weighted by molar-refractivity contribution is 7.92. The maximum atomic E-state index is 12.7. The summed E-state index contributed by atoms with van der Waals surface area (Å²) in [5.41, 5.74) is 1.77. The molecule has 0 atom stereocenters. The van der Waals surface area contributed by atoms with Crippen molar-refractivity contribution in [2.45, 2.75) is 36.3 Å². The summed E-state index contributed by atoms with van der Waals surface area (Å²) in [6.07, 6.45) is 0. The zero-order valence-electron chi connectivity index (χ0n) is 16.1. The molecule has 5 nitrogen and oxygen atoms in total. The molecule has 0 unspecified atom stereocenters. The lowest BCUT2D eigenvalue weighted by Gasteiger charge is -2.38. The predicted molar refractivity (Wildman–Crippen MR) is 105 cm³/mol. The number of amides is 1. The number of likely N-dealkylation sites (tertiary alicyclic amines) is 1. The van der Waals surface area contributed by atoms with E-state index in [4.69, 9.17) is 4.74 Å². The summed E-state index contributed by atoms with van der Waals surface area (Å²) >= 11 is 0. The van der Waals surface area contributed by atoms with E-state index in [0.29, 0.717) is 11.3 Å². The summed E-state index contributed by atoms with van der Waals surface area (Å²) < 4.78 is 30.5. The van der Waals surface area contributed by atoms with Crippen molar-refractivity contribution < 1.29 is 17.9 Å². The minimum atomic E-state index is -3.45. The fraction of sp³-hybridized carbons (Fsp3) is 0.381. The summed E-state index contributed by atoms with van der Waals surface area (Å²) in [5, 5.41) is -0.566. The molecule has 1 amide bonds. The number of hydrogen-bond acceptors (Lipinski definition) is 4. The predicted octanol–water partition coefficient (Wildman–Crippen LogP) is 3.29. The van der Waals surface area contributed by atoms with E-state index in [9.17, 15) is 13.2 Å². The normalized spacial score (nSPS) is 15.3. The Morgan fingerprint density at radius 2 is 1.56 bits per heavy atom. The quantitative estimate of drug-likeness (QED) is 0.808. The Bertz CT molecular complexity index is 920. The second kappa shape index (κ2) is 7.00. The van der Waals surface area contributed by atoms with E-state index < -0.39 is 15.1 Å². The minimum Gasteiger partial charge on any atom is -0.497 e. The van der Waals surface area contributed by atoms with Gasteiger partial charge >= 0.3 is 0 Å². The molecule has 0 bridgehead atoms. The summed E-state index contributed by atoms with van der Waals surface area (Å²) in [6.45, 7) is 6.79. The number of hydrogen-bond donors (Lipinski definition) is 0. The van der Waals surface area contributed by atoms with E-state index in [1.54, 1.807) is 29.2 Å². The monoisotopic (exact) mass is 387 g/mol. The van der Waals surface area contributed by atoms with E-state index in [-0.39, 0.29) is 29.3 Å². The lowest BCUT2D eigenvalue weighted by Crippen LogP contribution is -2.56. The van der Waals surface area contributed by atoms with E-state index in [0.717, 1.165) is 5.56 Å². The number of sulfone groups is 1. The van der Waals surface area contributed by atoms with Gasteiger partial charge in [-0.3, -0.25) is 4.79 Å². The van der Waals surface area contributed by atoms with Crippen LogP contribution >= 0.6 is 0 Å². The maximum absolute atomic E-state index is 12.7. The first-order valence-electron chi connectivity index (χ1n) is 8.90. The first-order chi connectivity index (χ1) is 12.6. The van der Waals surface area contributed by atoms with E-state index in [2.05, 4.69) is 20.8 Å². The van der Waals surface area contributed by atoms with Gasteiger partial charge in [-0.25, -0.2) is 8.42 Å². The van der Waals surface area contributed by atoms with Crippen LogP contribution in [0.15, 0.2) is 53.4 Å². The highest BCUT2D eigenvalue weighted by Crippen LogP contribution is 2.27. The third-order valence-corrected chi connectivity index (χ3v) is 7.06. The molecule has 27 heavy (non-hydrogen) atoms. The van der Waals surface area contributed by atoms with Gasteiger partial charge in [-0.15, -0.1) is 0 Å². The van der Waals surface area contributed by atoms with Crippen LogP contribution in [0, 0.1) is 0 Å². The molecule has 144 valence electrons. The summed E-state index contributed by atoms with van der Waals surface area (Å²) in [7, 11) is -1.92. The van der Waals surface area contributed by atoms with Crippen molar-refractivity contribution in [3.05, 3.63) is 59.7 Å². The van der Waals surface area contributed by atoms with Gasteiger partial charge in [0.25, 0.3) is 5.91 Å². The Labute approximate surface area is 160 Å². The van der Waals surface area contributed by atoms with Gasteiger partial charge in [0.1, 0.15) is 11.0 Å². The number of rotatable bonds is 4. The fourth-order valence-corrected chi connectivity index (χ4v) is 4.71. The minimum absolute atomic E-state index is 0.0237. The van der Waals surface area contributed by atoms with Crippen molar-refractivity contribution in [3.63, 3.8) is 0 Å². The van der Waals surface area contributed by atoms with Crippen molar-refractivity contribution in [2.75, 3.05) is 20.2 Å². The van der Waals surface area contributed by atoms with Crippen LogP contribution < -0.4 is 4.74 Å². The number of nitrogens with zero attached hydrogens (tertiary/aromatic N) is 1. The van der Waals surface area contributed by atoms with Gasteiger partial charge in [-0.1, -0.05) is 32.9 Å². The molecule has 3 rings (SSSR count). The SMILES string of the molecule is COc1ccc(S(=O)(=O)C2CN(C(=O)c3ccc(C(C)(C)C)cc3)C2)cc1. The number of methoxy groups -OCH3 is 1. The standard InChI is InChI=1S/C21H25NO4S/c1-21(2,3)16-7-5-15(6-8-16)20(23)22-13-19(14-22)27(24,25)18-11-9-17(26-4)10-12-18/h5-12,19H,13-14H2,1-4H3. The largest absolute Gasteiger partial charge is 0.497 e. The van der Waals surface area contributed by atoms with Crippen LogP contribution in [0.2, 0.25) is 0 Å². The average Bonchev–Trinajstić information content (AvgIpc) is 2.59. The van der Waals surface area contributed by atoms with Crippen LogP contribution in [-0.2, 0) is 15.3 Å². The summed E-state index contributed by atoms with van der Waals surface area (Å²) in [5.74, 6) is 0.481. The zero-order chi connectivity index (χ0) is 19.8. The molecular formula is C21H25NO4S. The van der Waals surface area contributed by atoms with Gasteiger partial charge in [0.2, 0.25) is 0 Å². The Morgan fingerprint density at radius 3 is 2.04 bits per heavy atom. The molecule has 0 spiro atoms. The molecule has 1 saturated heterocycles. The van der Waals surface area contributed by atoms with Gasteiger partial charge in [0.05, 0.1) is 12.0 Å². The van der Waals surface area contributed by atoms with Gasteiger partial charge in [-0.05, 0) is 47.4 Å². The van der Waals surface area contributed by atoms with Crippen molar-refractivity contribution >= 4 is 15.7 Å². The van der Waals surface area contributed by atoms with Gasteiger partial charge in [0.15, 0.2) is 9.84 Å². The Hall–Kier alpha value is -2.34. The molecule has 1 heterocycles. The lowest BCUT2D eigenvalue weighted by molar-refractivity contribution is 0.0659. The Morgan fingerprint density at radius 1 is 1.00 bits per heavy atom. The van der Waals surface area contributed by atoms with Gasteiger partial charge in [-0.2, -0.15) is 0 Å². The highest BCUT2D eigenvalue weighted by Gasteiger charge is 2.40. The van der Waals surface area contributed by atoms with Crippen LogP contribution in [0.3, 0.4) is 0 Å². The summed E-state index contributed by atoms with van der Waals surface area (Å²) in [4.78, 5) is 14.4. The summed E-state index contributed by atoms with van der Waals surface area (Å²) in [6, 6.07) is 13.9. The Balaban J connectivity index is 1.66. The van der Waals surface area contributed by atoms with Crippen LogP contribution in [-0.4, -0.2) is 44.7 Å². The van der Waals surface area contributed by atoms with Crippen molar-refractivity contribution in [3.8, 4) is 5.75 Å². The molecule has 6 heteroatoms. The van der Waals surface area contributed by atoms with Crippen LogP contribution in [0.1, 0.15) is 36.7 Å². The highest BCUT2D eigenvalue weighted by atomic mass is 32.2. The molecule has 2 aromatic rings. The molecule has 0 aliphatic carbocycles. The van der Waals surface area contributed by atoms with Crippen LogP contribution in [0.25, 0.3) is 0 Å². The molecular weight excluding hydrogens is 362 g/mol. The third kappa shape index (κ3) is 3.86. The van der Waals surface area contributed by atoms with Crippen molar-refractivity contribution in [1.29, 1.82) is 0 Å². The fourth-order valence-electron chi connectivity index (χ4n) is 3.05. The Kier molecular flexibility index (Phi) is 5.04. The molecule has 2 aromatic carbocycles. The first-order valence-corrected chi connectivity index (χ1v) is 10.5. The smallest absolute Gasteiger partial charge is 0.253 e. The molecule has 0 saturated carbocycles. The molecule has 0 radical (unpaired) electrons. The molecule has 1 aliphatic rings. The topological polar surface area (TPSA) is 63.7 Å². The van der Waals surface area contributed by atoms with Crippen molar-refractivity contribution in [1.82, 2.24) is 4.90 Å². The van der Waals surface area contributed by atoms with E-state index >= 15 is 0 Å². The third-order valence-electron chi connectivity index (χ3n) is 4.96. The van der Waals surface area contributed by atoms with Crippen LogP contribution in [0.5, 0.6) is 5.75 Å². The van der Waals surface area contributed by atoms with Crippen LogP contribution in [0.4, 0.5) is 0 Å². The number of benzene rings is 2. The lowest BCUT2D eigenvalue weighted by atomic mass is 9.86. The zero-order valence-corrected chi connectivity index (χ0v) is 16.9. The van der Waals surface area contributed by atoms with Gasteiger partial charge < -0.3 is 9.64 Å².